The van der Waals surface area contributed by atoms with Crippen LogP contribution in [0.25, 0.3) is 0 Å². The van der Waals surface area contributed by atoms with Crippen molar-refractivity contribution in [2.75, 3.05) is 5.32 Å². The van der Waals surface area contributed by atoms with Crippen LogP contribution in [0, 0.1) is 0 Å². The van der Waals surface area contributed by atoms with Crippen LogP contribution in [0.3, 0.4) is 0 Å². The van der Waals surface area contributed by atoms with Crippen molar-refractivity contribution in [2.45, 2.75) is 0 Å². The Morgan fingerprint density at radius 3 is 2.75 bits per heavy atom. The van der Waals surface area contributed by atoms with Crippen LogP contribution in [0.5, 0.6) is 0 Å². The fourth-order valence-corrected chi connectivity index (χ4v) is 1.30. The third-order valence-corrected chi connectivity index (χ3v) is 1.98. The summed E-state index contributed by atoms with van der Waals surface area (Å²) in [5.74, 6) is 0.346. The first-order chi connectivity index (χ1) is 7.74. The SMILES string of the molecule is Cn1cc(NC(N)=Nc2ccccc2)cn1. The molecule has 2 rings (SSSR count). The van der Waals surface area contributed by atoms with Crippen LogP contribution < -0.4 is 11.1 Å². The average molecular weight is 215 g/mol. The van der Waals surface area contributed by atoms with Crippen molar-refractivity contribution in [1.82, 2.24) is 9.78 Å². The Labute approximate surface area is 93.6 Å². The fraction of sp³-hybridized carbons (Fsp3) is 0.0909. The van der Waals surface area contributed by atoms with Crippen LogP contribution in [-0.4, -0.2) is 15.7 Å². The zero-order chi connectivity index (χ0) is 11.4. The second-order valence-corrected chi connectivity index (χ2v) is 3.36. The van der Waals surface area contributed by atoms with Crippen molar-refractivity contribution < 1.29 is 0 Å². The van der Waals surface area contributed by atoms with E-state index in [9.17, 15) is 0 Å². The molecule has 0 radical (unpaired) electrons. The molecule has 1 heterocycles. The predicted molar refractivity (Wildman–Crippen MR) is 64.6 cm³/mol. The molecule has 0 fully saturated rings. The van der Waals surface area contributed by atoms with E-state index < -0.39 is 0 Å². The molecule has 0 saturated carbocycles. The van der Waals surface area contributed by atoms with E-state index in [2.05, 4.69) is 15.4 Å². The van der Waals surface area contributed by atoms with Crippen LogP contribution in [0.4, 0.5) is 11.4 Å². The Bertz CT molecular complexity index is 486. The van der Waals surface area contributed by atoms with E-state index in [0.717, 1.165) is 11.4 Å². The fourth-order valence-electron chi connectivity index (χ4n) is 1.30. The first-order valence-corrected chi connectivity index (χ1v) is 4.89. The number of nitrogens with one attached hydrogen (secondary N) is 1. The van der Waals surface area contributed by atoms with E-state index in [0.29, 0.717) is 5.96 Å². The minimum atomic E-state index is 0.346. The molecule has 0 unspecified atom stereocenters. The normalized spacial score (nSPS) is 11.4. The van der Waals surface area contributed by atoms with Gasteiger partial charge in [0.2, 0.25) is 0 Å². The third-order valence-electron chi connectivity index (χ3n) is 1.98. The molecule has 0 bridgehead atoms. The van der Waals surface area contributed by atoms with E-state index >= 15 is 0 Å². The lowest BCUT2D eigenvalue weighted by atomic mass is 10.3. The molecule has 1 aromatic heterocycles. The smallest absolute Gasteiger partial charge is 0.198 e. The predicted octanol–water partition coefficient (Wildman–Crippen LogP) is 1.48. The van der Waals surface area contributed by atoms with Crippen LogP contribution in [0.1, 0.15) is 0 Å². The van der Waals surface area contributed by atoms with Crippen molar-refractivity contribution >= 4 is 17.3 Å². The number of aliphatic imine (C=N–C) groups is 1. The van der Waals surface area contributed by atoms with Gasteiger partial charge in [-0.25, -0.2) is 4.99 Å². The Hall–Kier alpha value is -2.30. The zero-order valence-corrected chi connectivity index (χ0v) is 8.96. The van der Waals surface area contributed by atoms with Crippen LogP contribution >= 0.6 is 0 Å². The highest BCUT2D eigenvalue weighted by Crippen LogP contribution is 2.10. The maximum absolute atomic E-state index is 5.75. The lowest BCUT2D eigenvalue weighted by Crippen LogP contribution is -2.21. The van der Waals surface area contributed by atoms with Crippen LogP contribution in [0.15, 0.2) is 47.7 Å². The van der Waals surface area contributed by atoms with Crippen molar-refractivity contribution in [3.8, 4) is 0 Å². The maximum atomic E-state index is 5.75. The summed E-state index contributed by atoms with van der Waals surface area (Å²) in [5.41, 5.74) is 7.38. The standard InChI is InChI=1S/C11H13N5/c1-16-8-10(7-13-16)15-11(12)14-9-5-3-2-4-6-9/h2-8H,1H3,(H3,12,14,15). The summed E-state index contributed by atoms with van der Waals surface area (Å²) in [4.78, 5) is 4.21. The Morgan fingerprint density at radius 2 is 2.12 bits per heavy atom. The summed E-state index contributed by atoms with van der Waals surface area (Å²) in [7, 11) is 1.84. The number of anilines is 1. The van der Waals surface area contributed by atoms with Crippen molar-refractivity contribution in [1.29, 1.82) is 0 Å². The summed E-state index contributed by atoms with van der Waals surface area (Å²) in [6.45, 7) is 0. The number of aryl methyl sites for hydroxylation is 1. The molecule has 0 aliphatic heterocycles. The zero-order valence-electron chi connectivity index (χ0n) is 8.96. The molecule has 5 heteroatoms. The summed E-state index contributed by atoms with van der Waals surface area (Å²) < 4.78 is 1.69. The number of rotatable bonds is 2. The number of hydrogen-bond donors (Lipinski definition) is 2. The number of hydrogen-bond acceptors (Lipinski definition) is 2. The van der Waals surface area contributed by atoms with E-state index in [-0.39, 0.29) is 0 Å². The highest BCUT2D eigenvalue weighted by atomic mass is 15.3. The van der Waals surface area contributed by atoms with Crippen molar-refractivity contribution in [3.05, 3.63) is 42.7 Å². The maximum Gasteiger partial charge on any atom is 0.198 e. The minimum Gasteiger partial charge on any atom is -0.369 e. The molecule has 0 aliphatic rings. The van der Waals surface area contributed by atoms with E-state index in [1.165, 1.54) is 0 Å². The lowest BCUT2D eigenvalue weighted by molar-refractivity contribution is 0.768. The quantitative estimate of drug-likeness (QED) is 0.589. The topological polar surface area (TPSA) is 68.2 Å². The number of nitrogens with two attached hydrogens (primary N) is 1. The molecule has 1 aromatic carbocycles. The average Bonchev–Trinajstić information content (AvgIpc) is 2.65. The van der Waals surface area contributed by atoms with Crippen molar-refractivity contribution in [2.24, 2.45) is 17.8 Å². The van der Waals surface area contributed by atoms with Gasteiger partial charge < -0.3 is 11.1 Å². The van der Waals surface area contributed by atoms with Gasteiger partial charge in [-0.15, -0.1) is 0 Å². The molecular formula is C11H13N5. The summed E-state index contributed by atoms with van der Waals surface area (Å²) in [6.07, 6.45) is 3.51. The first kappa shape index (κ1) is 10.2. The monoisotopic (exact) mass is 215 g/mol. The van der Waals surface area contributed by atoms with Gasteiger partial charge in [0.15, 0.2) is 5.96 Å². The molecule has 0 spiro atoms. The van der Waals surface area contributed by atoms with Gasteiger partial charge >= 0.3 is 0 Å². The van der Waals surface area contributed by atoms with Crippen LogP contribution in [0.2, 0.25) is 0 Å². The van der Waals surface area contributed by atoms with Gasteiger partial charge in [0.25, 0.3) is 0 Å². The molecule has 82 valence electrons. The van der Waals surface area contributed by atoms with Gasteiger partial charge in [-0.1, -0.05) is 18.2 Å². The second kappa shape index (κ2) is 4.48. The summed E-state index contributed by atoms with van der Waals surface area (Å²) >= 11 is 0. The Balaban J connectivity index is 2.08. The van der Waals surface area contributed by atoms with E-state index in [1.807, 2.05) is 43.6 Å². The molecule has 0 saturated heterocycles. The van der Waals surface area contributed by atoms with E-state index in [1.54, 1.807) is 10.9 Å². The second-order valence-electron chi connectivity index (χ2n) is 3.36. The Morgan fingerprint density at radius 1 is 1.38 bits per heavy atom. The third kappa shape index (κ3) is 2.60. The van der Waals surface area contributed by atoms with E-state index in [4.69, 9.17) is 5.73 Å². The molecule has 5 nitrogen and oxygen atoms in total. The van der Waals surface area contributed by atoms with Gasteiger partial charge in [0.05, 0.1) is 17.6 Å². The van der Waals surface area contributed by atoms with Gasteiger partial charge in [0.1, 0.15) is 0 Å². The molecule has 0 amide bonds. The van der Waals surface area contributed by atoms with Crippen molar-refractivity contribution in [3.63, 3.8) is 0 Å². The molecule has 2 aromatic rings. The lowest BCUT2D eigenvalue weighted by Gasteiger charge is -2.01. The molecule has 3 N–H and O–H groups in total. The highest BCUT2D eigenvalue weighted by Gasteiger charge is 1.97. The number of nitrogens with zero attached hydrogens (tertiary/aromatic N) is 3. The van der Waals surface area contributed by atoms with Gasteiger partial charge in [0, 0.05) is 13.2 Å². The first-order valence-electron chi connectivity index (χ1n) is 4.89. The Kier molecular flexibility index (Phi) is 2.86. The van der Waals surface area contributed by atoms with Gasteiger partial charge in [-0.2, -0.15) is 5.10 Å². The summed E-state index contributed by atoms with van der Waals surface area (Å²) in [5, 5.41) is 6.98. The molecule has 16 heavy (non-hydrogen) atoms. The molecular weight excluding hydrogens is 202 g/mol. The summed E-state index contributed by atoms with van der Waals surface area (Å²) in [6, 6.07) is 9.53. The number of aromatic nitrogens is 2. The van der Waals surface area contributed by atoms with Crippen LogP contribution in [-0.2, 0) is 7.05 Å². The van der Waals surface area contributed by atoms with Gasteiger partial charge in [-0.05, 0) is 12.1 Å². The highest BCUT2D eigenvalue weighted by molar-refractivity contribution is 5.93. The minimum absolute atomic E-state index is 0.346. The molecule has 0 atom stereocenters. The number of guanidine groups is 1. The number of para-hydroxylation sites is 1. The van der Waals surface area contributed by atoms with Gasteiger partial charge in [-0.3, -0.25) is 4.68 Å². The molecule has 0 aliphatic carbocycles. The largest absolute Gasteiger partial charge is 0.369 e. The number of benzene rings is 1.